The number of nitrogens with one attached hydrogen (secondary N) is 1. The molecule has 0 aromatic heterocycles. The van der Waals surface area contributed by atoms with E-state index in [9.17, 15) is 0 Å². The smallest absolute Gasteiger partial charge is 0.0716 e. The summed E-state index contributed by atoms with van der Waals surface area (Å²) in [5.41, 5.74) is 0.799. The molecule has 0 bridgehead atoms. The highest BCUT2D eigenvalue weighted by Crippen LogP contribution is 1.91. The Hall–Kier alpha value is -0.960. The molecular formula is C6H11N3. The predicted octanol–water partition coefficient (Wildman–Crippen LogP) is 0.448. The molecule has 0 aliphatic heterocycles. The summed E-state index contributed by atoms with van der Waals surface area (Å²) in [5, 5.41) is 2.91. The minimum Gasteiger partial charge on any atom is -0.314 e. The highest BCUT2D eigenvalue weighted by molar-refractivity contribution is 5.31. The van der Waals surface area contributed by atoms with Crippen LogP contribution in [0.4, 0.5) is 0 Å². The molecule has 0 radical (unpaired) electrons. The van der Waals surface area contributed by atoms with Crippen molar-refractivity contribution in [2.75, 3.05) is 13.6 Å². The van der Waals surface area contributed by atoms with Crippen molar-refractivity contribution >= 4 is 13.4 Å². The molecule has 0 atom stereocenters. The van der Waals surface area contributed by atoms with Crippen LogP contribution in [0, 0.1) is 0 Å². The van der Waals surface area contributed by atoms with Crippen LogP contribution in [0.3, 0.4) is 0 Å². The molecule has 0 aromatic carbocycles. The maximum atomic E-state index is 3.68. The van der Waals surface area contributed by atoms with Gasteiger partial charge in [0.15, 0.2) is 0 Å². The SMILES string of the molecule is C=N/C=C(/CNC)N=C. The van der Waals surface area contributed by atoms with Gasteiger partial charge in [-0.25, -0.2) is 0 Å². The Balaban J connectivity index is 3.80. The van der Waals surface area contributed by atoms with Gasteiger partial charge in [-0.1, -0.05) is 0 Å². The van der Waals surface area contributed by atoms with Crippen LogP contribution in [-0.2, 0) is 0 Å². The van der Waals surface area contributed by atoms with E-state index in [1.807, 2.05) is 7.05 Å². The van der Waals surface area contributed by atoms with E-state index in [4.69, 9.17) is 0 Å². The molecule has 3 nitrogen and oxygen atoms in total. The van der Waals surface area contributed by atoms with E-state index in [1.54, 1.807) is 6.20 Å². The Bertz CT molecular complexity index is 126. The largest absolute Gasteiger partial charge is 0.314 e. The quantitative estimate of drug-likeness (QED) is 0.544. The Kier molecular flexibility index (Phi) is 4.63. The summed E-state index contributed by atoms with van der Waals surface area (Å²) in [4.78, 5) is 7.22. The Morgan fingerprint density at radius 2 is 2.33 bits per heavy atom. The molecule has 0 heterocycles. The van der Waals surface area contributed by atoms with Crippen molar-refractivity contribution < 1.29 is 0 Å². The third-order valence-corrected chi connectivity index (χ3v) is 0.801. The van der Waals surface area contributed by atoms with Crippen molar-refractivity contribution in [1.82, 2.24) is 5.32 Å². The van der Waals surface area contributed by atoms with Gasteiger partial charge < -0.3 is 5.32 Å². The van der Waals surface area contributed by atoms with E-state index in [1.165, 1.54) is 0 Å². The first-order valence-corrected chi connectivity index (χ1v) is 2.61. The lowest BCUT2D eigenvalue weighted by molar-refractivity contribution is 0.870. The summed E-state index contributed by atoms with van der Waals surface area (Å²) >= 11 is 0. The fraction of sp³-hybridized carbons (Fsp3) is 0.333. The number of aliphatic imine (C=N–C) groups is 2. The summed E-state index contributed by atoms with van der Waals surface area (Å²) in [6.45, 7) is 7.32. The third kappa shape index (κ3) is 3.61. The molecule has 0 fully saturated rings. The van der Waals surface area contributed by atoms with E-state index in [0.717, 1.165) is 5.70 Å². The van der Waals surface area contributed by atoms with Gasteiger partial charge in [-0.15, -0.1) is 0 Å². The molecule has 0 rings (SSSR count). The number of rotatable bonds is 4. The lowest BCUT2D eigenvalue weighted by Gasteiger charge is -1.94. The van der Waals surface area contributed by atoms with Crippen molar-refractivity contribution in [1.29, 1.82) is 0 Å². The molecule has 0 aliphatic rings. The van der Waals surface area contributed by atoms with Crippen LogP contribution in [0.2, 0.25) is 0 Å². The summed E-state index contributed by atoms with van der Waals surface area (Å²) in [6, 6.07) is 0. The first kappa shape index (κ1) is 8.04. The Morgan fingerprint density at radius 3 is 2.67 bits per heavy atom. The summed E-state index contributed by atoms with van der Waals surface area (Å²) in [5.74, 6) is 0. The van der Waals surface area contributed by atoms with Crippen LogP contribution in [0.5, 0.6) is 0 Å². The maximum absolute atomic E-state index is 3.68. The first-order chi connectivity index (χ1) is 4.35. The molecule has 0 aromatic rings. The fourth-order valence-electron chi connectivity index (χ4n) is 0.429. The minimum absolute atomic E-state index is 0.683. The van der Waals surface area contributed by atoms with Crippen LogP contribution in [0.1, 0.15) is 0 Å². The molecule has 0 aliphatic carbocycles. The average molecular weight is 125 g/mol. The molecule has 1 N–H and O–H groups in total. The lowest BCUT2D eigenvalue weighted by atomic mass is 10.5. The Morgan fingerprint density at radius 1 is 1.67 bits per heavy atom. The van der Waals surface area contributed by atoms with Crippen molar-refractivity contribution in [3.05, 3.63) is 11.9 Å². The van der Waals surface area contributed by atoms with Gasteiger partial charge in [0.05, 0.1) is 5.70 Å². The Labute approximate surface area is 55.2 Å². The summed E-state index contributed by atoms with van der Waals surface area (Å²) in [7, 11) is 1.84. The fourth-order valence-corrected chi connectivity index (χ4v) is 0.429. The normalized spacial score (nSPS) is 11.0. The molecule has 9 heavy (non-hydrogen) atoms. The number of nitrogens with zero attached hydrogens (tertiary/aromatic N) is 2. The third-order valence-electron chi connectivity index (χ3n) is 0.801. The summed E-state index contributed by atoms with van der Waals surface area (Å²) in [6.07, 6.45) is 1.57. The predicted molar refractivity (Wildman–Crippen MR) is 41.1 cm³/mol. The zero-order valence-corrected chi connectivity index (χ0v) is 5.59. The molecule has 0 unspecified atom stereocenters. The van der Waals surface area contributed by atoms with Gasteiger partial charge in [0.25, 0.3) is 0 Å². The second kappa shape index (κ2) is 5.18. The van der Waals surface area contributed by atoms with Gasteiger partial charge >= 0.3 is 0 Å². The van der Waals surface area contributed by atoms with Crippen molar-refractivity contribution in [3.63, 3.8) is 0 Å². The van der Waals surface area contributed by atoms with Crippen LogP contribution in [-0.4, -0.2) is 27.0 Å². The highest BCUT2D eigenvalue weighted by atomic mass is 14.9. The van der Waals surface area contributed by atoms with E-state index >= 15 is 0 Å². The van der Waals surface area contributed by atoms with Crippen LogP contribution >= 0.6 is 0 Å². The van der Waals surface area contributed by atoms with Gasteiger partial charge in [-0.05, 0) is 20.5 Å². The summed E-state index contributed by atoms with van der Waals surface area (Å²) < 4.78 is 0. The van der Waals surface area contributed by atoms with Crippen molar-refractivity contribution in [3.8, 4) is 0 Å². The molecule has 0 spiro atoms. The van der Waals surface area contributed by atoms with Crippen molar-refractivity contribution in [2.45, 2.75) is 0 Å². The van der Waals surface area contributed by atoms with Gasteiger partial charge in [0, 0.05) is 12.7 Å². The molecule has 0 saturated carbocycles. The van der Waals surface area contributed by atoms with Crippen molar-refractivity contribution in [2.24, 2.45) is 9.98 Å². The molecule has 50 valence electrons. The van der Waals surface area contributed by atoms with Gasteiger partial charge in [-0.2, -0.15) is 0 Å². The number of hydrogen-bond acceptors (Lipinski definition) is 3. The monoisotopic (exact) mass is 125 g/mol. The molecular weight excluding hydrogens is 114 g/mol. The van der Waals surface area contributed by atoms with Crippen LogP contribution < -0.4 is 5.32 Å². The second-order valence-corrected chi connectivity index (χ2v) is 1.49. The average Bonchev–Trinajstić information content (AvgIpc) is 1.88. The molecule has 0 amide bonds. The topological polar surface area (TPSA) is 36.8 Å². The van der Waals surface area contributed by atoms with E-state index < -0.39 is 0 Å². The highest BCUT2D eigenvalue weighted by Gasteiger charge is 1.85. The minimum atomic E-state index is 0.683. The number of likely N-dealkylation sites (N-methyl/N-ethyl adjacent to an activating group) is 1. The van der Waals surface area contributed by atoms with E-state index in [2.05, 4.69) is 28.7 Å². The van der Waals surface area contributed by atoms with E-state index in [0.29, 0.717) is 6.54 Å². The number of hydrogen-bond donors (Lipinski definition) is 1. The van der Waals surface area contributed by atoms with Gasteiger partial charge in [0.1, 0.15) is 0 Å². The van der Waals surface area contributed by atoms with Gasteiger partial charge in [-0.3, -0.25) is 9.98 Å². The first-order valence-electron chi connectivity index (χ1n) is 2.61. The molecule has 3 heteroatoms. The maximum Gasteiger partial charge on any atom is 0.0716 e. The zero-order valence-electron chi connectivity index (χ0n) is 5.59. The molecule has 0 saturated heterocycles. The standard InChI is InChI=1S/C6H11N3/c1-7-4-6(9-3)5-8-2/h4,8H,1,3,5H2,2H3/b6-4-. The second-order valence-electron chi connectivity index (χ2n) is 1.49. The lowest BCUT2D eigenvalue weighted by Crippen LogP contribution is -2.08. The zero-order chi connectivity index (χ0) is 7.11. The van der Waals surface area contributed by atoms with Gasteiger partial charge in [0.2, 0.25) is 0 Å². The van der Waals surface area contributed by atoms with Crippen LogP contribution in [0.15, 0.2) is 21.9 Å². The van der Waals surface area contributed by atoms with Crippen LogP contribution in [0.25, 0.3) is 0 Å². The van der Waals surface area contributed by atoms with E-state index in [-0.39, 0.29) is 0 Å².